The number of benzene rings is 1. The molecular formula is C17H23BrN2. The van der Waals surface area contributed by atoms with Crippen LogP contribution in [-0.2, 0) is 20.0 Å². The van der Waals surface area contributed by atoms with Crippen LogP contribution in [0.3, 0.4) is 0 Å². The van der Waals surface area contributed by atoms with Gasteiger partial charge in [0.25, 0.3) is 0 Å². The first-order valence-corrected chi connectivity index (χ1v) is 7.86. The minimum absolute atomic E-state index is 0.469. The van der Waals surface area contributed by atoms with E-state index in [1.165, 1.54) is 22.5 Å². The van der Waals surface area contributed by atoms with E-state index in [-0.39, 0.29) is 0 Å². The maximum absolute atomic E-state index is 3.62. The molecule has 0 spiro atoms. The predicted molar refractivity (Wildman–Crippen MR) is 89.0 cm³/mol. The number of nitrogens with zero attached hydrogens (tertiary/aromatic N) is 1. The summed E-state index contributed by atoms with van der Waals surface area (Å²) >= 11 is 3.47. The Kier molecular flexibility index (Phi) is 5.06. The molecule has 3 heteroatoms. The molecule has 0 saturated heterocycles. The van der Waals surface area contributed by atoms with Gasteiger partial charge in [0.05, 0.1) is 0 Å². The predicted octanol–water partition coefficient (Wildman–Crippen LogP) is 4.13. The minimum Gasteiger partial charge on any atom is -0.352 e. The van der Waals surface area contributed by atoms with Crippen molar-refractivity contribution in [1.29, 1.82) is 0 Å². The van der Waals surface area contributed by atoms with E-state index in [1.807, 2.05) is 0 Å². The summed E-state index contributed by atoms with van der Waals surface area (Å²) in [7, 11) is 2.12. The number of nitrogens with one attached hydrogen (secondary N) is 1. The molecule has 0 fully saturated rings. The normalized spacial score (nSPS) is 12.7. The van der Waals surface area contributed by atoms with Crippen molar-refractivity contribution in [2.24, 2.45) is 7.05 Å². The maximum atomic E-state index is 3.62. The lowest BCUT2D eigenvalue weighted by molar-refractivity contribution is 0.544. The number of hydrogen-bond donors (Lipinski definition) is 1. The van der Waals surface area contributed by atoms with Crippen molar-refractivity contribution in [2.75, 3.05) is 0 Å². The number of rotatable bonds is 5. The van der Waals surface area contributed by atoms with Crippen LogP contribution in [0.4, 0.5) is 0 Å². The van der Waals surface area contributed by atoms with Gasteiger partial charge in [-0.1, -0.05) is 28.1 Å². The van der Waals surface area contributed by atoms with Crippen molar-refractivity contribution in [3.05, 3.63) is 57.3 Å². The van der Waals surface area contributed by atoms with Crippen LogP contribution in [0.5, 0.6) is 0 Å². The lowest BCUT2D eigenvalue weighted by atomic mass is 10.1. The molecule has 0 saturated carbocycles. The molecule has 1 unspecified atom stereocenters. The highest BCUT2D eigenvalue weighted by atomic mass is 79.9. The first kappa shape index (κ1) is 15.3. The first-order valence-electron chi connectivity index (χ1n) is 7.07. The fraction of sp³-hybridized carbons (Fsp3) is 0.412. The molecule has 1 N–H and O–H groups in total. The zero-order valence-electron chi connectivity index (χ0n) is 12.7. The molecular weight excluding hydrogens is 312 g/mol. The Balaban J connectivity index is 1.90. The molecule has 0 amide bonds. The standard InChI is InChI=1S/C17H23BrN2/c1-12(9-15-5-7-17(18)8-6-15)19-11-16-10-13(2)20(4)14(16)3/h5-8,10,12,19H,9,11H2,1-4H3. The van der Waals surface area contributed by atoms with Gasteiger partial charge in [0.1, 0.15) is 0 Å². The van der Waals surface area contributed by atoms with E-state index in [0.29, 0.717) is 6.04 Å². The van der Waals surface area contributed by atoms with E-state index >= 15 is 0 Å². The Hall–Kier alpha value is -1.06. The van der Waals surface area contributed by atoms with Crippen molar-refractivity contribution >= 4 is 15.9 Å². The summed E-state index contributed by atoms with van der Waals surface area (Å²) in [6, 6.07) is 11.3. The molecule has 2 aromatic rings. The summed E-state index contributed by atoms with van der Waals surface area (Å²) in [5.74, 6) is 0. The van der Waals surface area contributed by atoms with Crippen molar-refractivity contribution in [3.8, 4) is 0 Å². The Morgan fingerprint density at radius 3 is 2.40 bits per heavy atom. The zero-order chi connectivity index (χ0) is 14.7. The Labute approximate surface area is 130 Å². The van der Waals surface area contributed by atoms with Gasteiger partial charge in [0.2, 0.25) is 0 Å². The average Bonchev–Trinajstić information content (AvgIpc) is 2.66. The summed E-state index contributed by atoms with van der Waals surface area (Å²) in [6.45, 7) is 7.52. The third-order valence-corrected chi connectivity index (χ3v) is 4.50. The van der Waals surface area contributed by atoms with E-state index in [1.54, 1.807) is 0 Å². The molecule has 2 rings (SSSR count). The lowest BCUT2D eigenvalue weighted by Gasteiger charge is -2.14. The zero-order valence-corrected chi connectivity index (χ0v) is 14.3. The van der Waals surface area contributed by atoms with Crippen molar-refractivity contribution < 1.29 is 0 Å². The molecule has 0 radical (unpaired) electrons. The van der Waals surface area contributed by atoms with Gasteiger partial charge in [-0.15, -0.1) is 0 Å². The highest BCUT2D eigenvalue weighted by Crippen LogP contribution is 2.14. The molecule has 1 aromatic heterocycles. The smallest absolute Gasteiger partial charge is 0.0225 e. The second kappa shape index (κ2) is 6.59. The number of aromatic nitrogens is 1. The van der Waals surface area contributed by atoms with Gasteiger partial charge in [0, 0.05) is 35.5 Å². The fourth-order valence-electron chi connectivity index (χ4n) is 2.44. The molecule has 0 aliphatic heterocycles. The molecule has 20 heavy (non-hydrogen) atoms. The first-order chi connectivity index (χ1) is 9.47. The van der Waals surface area contributed by atoms with Crippen molar-refractivity contribution in [2.45, 2.75) is 39.8 Å². The van der Waals surface area contributed by atoms with Gasteiger partial charge in [-0.05, 0) is 56.5 Å². The van der Waals surface area contributed by atoms with E-state index in [9.17, 15) is 0 Å². The maximum Gasteiger partial charge on any atom is 0.0225 e. The van der Waals surface area contributed by atoms with Gasteiger partial charge >= 0.3 is 0 Å². The van der Waals surface area contributed by atoms with Crippen LogP contribution >= 0.6 is 15.9 Å². The Morgan fingerprint density at radius 1 is 1.20 bits per heavy atom. The topological polar surface area (TPSA) is 17.0 Å². The van der Waals surface area contributed by atoms with E-state index in [2.05, 4.69) is 84.0 Å². The monoisotopic (exact) mass is 334 g/mol. The van der Waals surface area contributed by atoms with Crippen LogP contribution in [0.1, 0.15) is 29.4 Å². The lowest BCUT2D eigenvalue weighted by Crippen LogP contribution is -2.27. The summed E-state index contributed by atoms with van der Waals surface area (Å²) in [4.78, 5) is 0. The quantitative estimate of drug-likeness (QED) is 0.870. The Morgan fingerprint density at radius 2 is 1.85 bits per heavy atom. The summed E-state index contributed by atoms with van der Waals surface area (Å²) in [5.41, 5.74) is 5.44. The average molecular weight is 335 g/mol. The summed E-state index contributed by atoms with van der Waals surface area (Å²) in [6.07, 6.45) is 1.05. The number of hydrogen-bond acceptors (Lipinski definition) is 1. The molecule has 2 nitrogen and oxygen atoms in total. The van der Waals surface area contributed by atoms with E-state index in [0.717, 1.165) is 17.4 Å². The summed E-state index contributed by atoms with van der Waals surface area (Å²) < 4.78 is 3.38. The Bertz CT molecular complexity index is 569. The fourth-order valence-corrected chi connectivity index (χ4v) is 2.71. The number of aryl methyl sites for hydroxylation is 1. The van der Waals surface area contributed by atoms with Crippen LogP contribution in [-0.4, -0.2) is 10.6 Å². The molecule has 1 heterocycles. The second-order valence-corrected chi connectivity index (χ2v) is 6.48. The van der Waals surface area contributed by atoms with Crippen molar-refractivity contribution in [3.63, 3.8) is 0 Å². The van der Waals surface area contributed by atoms with Gasteiger partial charge in [-0.2, -0.15) is 0 Å². The van der Waals surface area contributed by atoms with Gasteiger partial charge in [-0.3, -0.25) is 0 Å². The third kappa shape index (κ3) is 3.74. The van der Waals surface area contributed by atoms with Gasteiger partial charge in [0.15, 0.2) is 0 Å². The SMILES string of the molecule is Cc1cc(CNC(C)Cc2ccc(Br)cc2)c(C)n1C. The highest BCUT2D eigenvalue weighted by molar-refractivity contribution is 9.10. The second-order valence-electron chi connectivity index (χ2n) is 5.57. The van der Waals surface area contributed by atoms with Gasteiger partial charge in [-0.25, -0.2) is 0 Å². The largest absolute Gasteiger partial charge is 0.352 e. The third-order valence-electron chi connectivity index (χ3n) is 3.98. The van der Waals surface area contributed by atoms with E-state index in [4.69, 9.17) is 0 Å². The van der Waals surface area contributed by atoms with Crippen molar-refractivity contribution in [1.82, 2.24) is 9.88 Å². The molecule has 108 valence electrons. The summed E-state index contributed by atoms with van der Waals surface area (Å²) in [5, 5.41) is 3.62. The molecule has 1 aromatic carbocycles. The molecule has 0 bridgehead atoms. The van der Waals surface area contributed by atoms with Gasteiger partial charge < -0.3 is 9.88 Å². The van der Waals surface area contributed by atoms with Crippen LogP contribution in [0.2, 0.25) is 0 Å². The number of halogens is 1. The van der Waals surface area contributed by atoms with Crippen LogP contribution in [0.15, 0.2) is 34.8 Å². The molecule has 0 aliphatic rings. The van der Waals surface area contributed by atoms with Crippen LogP contribution < -0.4 is 5.32 Å². The highest BCUT2D eigenvalue weighted by Gasteiger charge is 2.08. The van der Waals surface area contributed by atoms with Crippen LogP contribution in [0, 0.1) is 13.8 Å². The van der Waals surface area contributed by atoms with E-state index < -0.39 is 0 Å². The molecule has 1 atom stereocenters. The molecule has 0 aliphatic carbocycles. The minimum atomic E-state index is 0.469. The van der Waals surface area contributed by atoms with Crippen LogP contribution in [0.25, 0.3) is 0 Å².